The fourth-order valence-corrected chi connectivity index (χ4v) is 4.55. The molecule has 0 unspecified atom stereocenters. The van der Waals surface area contributed by atoms with E-state index in [1.54, 1.807) is 0 Å². The maximum atomic E-state index is 12.9. The van der Waals surface area contributed by atoms with Crippen LogP contribution in [0.15, 0.2) is 41.3 Å². The van der Waals surface area contributed by atoms with E-state index in [1.807, 2.05) is 57.2 Å². The highest BCUT2D eigenvalue weighted by Crippen LogP contribution is 2.32. The van der Waals surface area contributed by atoms with Crippen LogP contribution in [0.1, 0.15) is 43.0 Å². The number of para-hydroxylation sites is 1. The molecule has 124 valence electrons. The molecule has 0 bridgehead atoms. The predicted molar refractivity (Wildman–Crippen MR) is 96.6 cm³/mol. The van der Waals surface area contributed by atoms with Crippen LogP contribution in [0, 0.1) is 20.8 Å². The molecule has 0 aliphatic rings. The summed E-state index contributed by atoms with van der Waals surface area (Å²) in [5, 5.41) is 0. The molecule has 0 saturated heterocycles. The molecule has 0 aliphatic heterocycles. The summed E-state index contributed by atoms with van der Waals surface area (Å²) in [5.74, 6) is 0. The molecule has 0 atom stereocenters. The van der Waals surface area contributed by atoms with Crippen LogP contribution in [0.3, 0.4) is 0 Å². The van der Waals surface area contributed by atoms with Crippen molar-refractivity contribution < 1.29 is 8.42 Å². The van der Waals surface area contributed by atoms with Gasteiger partial charge in [-0.25, -0.2) is 8.42 Å². The Morgan fingerprint density at radius 1 is 0.913 bits per heavy atom. The maximum Gasteiger partial charge on any atom is 0.262 e. The van der Waals surface area contributed by atoms with Gasteiger partial charge in [0.05, 0.1) is 10.6 Å². The zero-order chi connectivity index (χ0) is 17.4. The minimum absolute atomic E-state index is 0.142. The monoisotopic (exact) mass is 331 g/mol. The van der Waals surface area contributed by atoms with Gasteiger partial charge in [0.15, 0.2) is 0 Å². The average molecular weight is 331 g/mol. The Hall–Kier alpha value is -1.81. The van der Waals surface area contributed by atoms with Gasteiger partial charge >= 0.3 is 0 Å². The quantitative estimate of drug-likeness (QED) is 0.885. The molecule has 2 aromatic carbocycles. The third kappa shape index (κ3) is 3.75. The molecule has 2 rings (SSSR count). The Morgan fingerprint density at radius 3 is 1.96 bits per heavy atom. The third-order valence-corrected chi connectivity index (χ3v) is 5.52. The van der Waals surface area contributed by atoms with E-state index in [0.29, 0.717) is 10.6 Å². The van der Waals surface area contributed by atoms with Gasteiger partial charge in [-0.1, -0.05) is 56.7 Å². The molecule has 23 heavy (non-hydrogen) atoms. The number of aryl methyl sites for hydroxylation is 3. The van der Waals surface area contributed by atoms with Gasteiger partial charge in [-0.2, -0.15) is 0 Å². The van der Waals surface area contributed by atoms with E-state index in [9.17, 15) is 8.42 Å². The van der Waals surface area contributed by atoms with Gasteiger partial charge in [-0.3, -0.25) is 4.72 Å². The van der Waals surface area contributed by atoms with Gasteiger partial charge in [0, 0.05) is 0 Å². The summed E-state index contributed by atoms with van der Waals surface area (Å²) in [4.78, 5) is 0.367. The van der Waals surface area contributed by atoms with E-state index >= 15 is 0 Å². The predicted octanol–water partition coefficient (Wildman–Crippen LogP) is 4.71. The molecule has 0 saturated carbocycles. The molecule has 0 heterocycles. The summed E-state index contributed by atoms with van der Waals surface area (Å²) in [6.45, 7) is 11.9. The van der Waals surface area contributed by atoms with Crippen molar-refractivity contribution >= 4 is 15.7 Å². The van der Waals surface area contributed by atoms with Crippen LogP contribution in [0.5, 0.6) is 0 Å². The minimum atomic E-state index is -3.62. The van der Waals surface area contributed by atoms with Crippen molar-refractivity contribution in [2.24, 2.45) is 0 Å². The van der Waals surface area contributed by atoms with Gasteiger partial charge in [0.2, 0.25) is 0 Å². The maximum absolute atomic E-state index is 12.9. The van der Waals surface area contributed by atoms with Crippen LogP contribution in [-0.2, 0) is 15.4 Å². The first kappa shape index (κ1) is 17.5. The lowest BCUT2D eigenvalue weighted by atomic mass is 9.86. The van der Waals surface area contributed by atoms with E-state index in [-0.39, 0.29) is 5.41 Å². The molecule has 2 aromatic rings. The molecule has 0 aliphatic carbocycles. The Kier molecular flexibility index (Phi) is 4.58. The highest BCUT2D eigenvalue weighted by molar-refractivity contribution is 7.92. The Labute approximate surface area is 139 Å². The SMILES string of the molecule is Cc1cc(C)c(S(=O)(=O)Nc2ccccc2C(C)(C)C)c(C)c1. The Bertz CT molecular complexity index is 808. The van der Waals surface area contributed by atoms with Crippen molar-refractivity contribution in [2.75, 3.05) is 4.72 Å². The third-order valence-electron chi connectivity index (χ3n) is 3.85. The van der Waals surface area contributed by atoms with E-state index in [1.165, 1.54) is 0 Å². The lowest BCUT2D eigenvalue weighted by molar-refractivity contribution is 0.590. The standard InChI is InChI=1S/C19H25NO2S/c1-13-11-14(2)18(15(3)12-13)23(21,22)20-17-10-8-7-9-16(17)19(4,5)6/h7-12,20H,1-6H3. The molecule has 4 heteroatoms. The van der Waals surface area contributed by atoms with Crippen molar-refractivity contribution in [3.63, 3.8) is 0 Å². The Morgan fingerprint density at radius 2 is 1.43 bits per heavy atom. The van der Waals surface area contributed by atoms with Crippen molar-refractivity contribution in [3.8, 4) is 0 Å². The van der Waals surface area contributed by atoms with Crippen LogP contribution < -0.4 is 4.72 Å². The summed E-state index contributed by atoms with van der Waals surface area (Å²) in [6.07, 6.45) is 0. The summed E-state index contributed by atoms with van der Waals surface area (Å²) in [7, 11) is -3.62. The molecule has 0 radical (unpaired) electrons. The zero-order valence-corrected chi connectivity index (χ0v) is 15.5. The van der Waals surface area contributed by atoms with Crippen molar-refractivity contribution in [1.29, 1.82) is 0 Å². The lowest BCUT2D eigenvalue weighted by Gasteiger charge is -2.24. The first-order valence-corrected chi connectivity index (χ1v) is 9.21. The smallest absolute Gasteiger partial charge is 0.262 e. The van der Waals surface area contributed by atoms with Gasteiger partial charge in [0.1, 0.15) is 0 Å². The highest BCUT2D eigenvalue weighted by atomic mass is 32.2. The lowest BCUT2D eigenvalue weighted by Crippen LogP contribution is -2.20. The number of rotatable bonds is 3. The second-order valence-electron chi connectivity index (χ2n) is 7.13. The van der Waals surface area contributed by atoms with Gasteiger partial charge in [-0.05, 0) is 48.9 Å². The van der Waals surface area contributed by atoms with E-state index in [0.717, 1.165) is 22.3 Å². The fourth-order valence-electron chi connectivity index (χ4n) is 3.01. The second-order valence-corrected chi connectivity index (χ2v) is 8.75. The van der Waals surface area contributed by atoms with E-state index in [4.69, 9.17) is 0 Å². The number of hydrogen-bond acceptors (Lipinski definition) is 2. The van der Waals surface area contributed by atoms with Crippen LogP contribution in [0.4, 0.5) is 5.69 Å². The average Bonchev–Trinajstić information content (AvgIpc) is 2.35. The molecule has 0 aromatic heterocycles. The van der Waals surface area contributed by atoms with Gasteiger partial charge in [0.25, 0.3) is 10.0 Å². The number of hydrogen-bond donors (Lipinski definition) is 1. The molecular weight excluding hydrogens is 306 g/mol. The molecular formula is C19H25NO2S. The fraction of sp³-hybridized carbons (Fsp3) is 0.368. The number of benzene rings is 2. The summed E-state index contributed by atoms with van der Waals surface area (Å²) >= 11 is 0. The Balaban J connectivity index is 2.53. The minimum Gasteiger partial charge on any atom is -0.279 e. The molecule has 0 fully saturated rings. The molecule has 0 amide bonds. The zero-order valence-electron chi connectivity index (χ0n) is 14.7. The topological polar surface area (TPSA) is 46.2 Å². The van der Waals surface area contributed by atoms with Crippen LogP contribution >= 0.6 is 0 Å². The van der Waals surface area contributed by atoms with Gasteiger partial charge < -0.3 is 0 Å². The van der Waals surface area contributed by atoms with Crippen LogP contribution in [0.2, 0.25) is 0 Å². The van der Waals surface area contributed by atoms with Gasteiger partial charge in [-0.15, -0.1) is 0 Å². The van der Waals surface area contributed by atoms with Crippen molar-refractivity contribution in [3.05, 3.63) is 58.7 Å². The van der Waals surface area contributed by atoms with E-state index < -0.39 is 10.0 Å². The first-order valence-electron chi connectivity index (χ1n) is 7.72. The van der Waals surface area contributed by atoms with Crippen LogP contribution in [0.25, 0.3) is 0 Å². The van der Waals surface area contributed by atoms with E-state index in [2.05, 4.69) is 25.5 Å². The van der Waals surface area contributed by atoms with Crippen molar-refractivity contribution in [1.82, 2.24) is 0 Å². The number of nitrogens with one attached hydrogen (secondary N) is 1. The number of sulfonamides is 1. The van der Waals surface area contributed by atoms with Crippen molar-refractivity contribution in [2.45, 2.75) is 51.9 Å². The molecule has 3 nitrogen and oxygen atoms in total. The highest BCUT2D eigenvalue weighted by Gasteiger charge is 2.24. The summed E-state index contributed by atoms with van der Waals surface area (Å²) in [6, 6.07) is 11.4. The summed E-state index contributed by atoms with van der Waals surface area (Å²) in [5.41, 5.74) is 4.07. The number of anilines is 1. The molecule has 1 N–H and O–H groups in total. The van der Waals surface area contributed by atoms with Crippen LogP contribution in [-0.4, -0.2) is 8.42 Å². The first-order chi connectivity index (χ1) is 10.5. The molecule has 0 spiro atoms. The normalized spacial score (nSPS) is 12.3. The second kappa shape index (κ2) is 6.00. The largest absolute Gasteiger partial charge is 0.279 e. The summed E-state index contributed by atoms with van der Waals surface area (Å²) < 4.78 is 28.6.